The monoisotopic (exact) mass is 388 g/mol. The lowest BCUT2D eigenvalue weighted by atomic mass is 10.1. The summed E-state index contributed by atoms with van der Waals surface area (Å²) in [6, 6.07) is 5.67. The van der Waals surface area contributed by atoms with Crippen LogP contribution in [0.3, 0.4) is 0 Å². The highest BCUT2D eigenvalue weighted by atomic mass is 79.9. The van der Waals surface area contributed by atoms with Gasteiger partial charge in [0, 0.05) is 29.7 Å². The molecular formula is C17H17BrN4O2. The number of carbonyl (C=O) groups excluding carboxylic acids is 1. The number of hydrogen-bond acceptors (Lipinski definition) is 4. The molecule has 0 N–H and O–H groups in total. The number of hydrogen-bond donors (Lipinski definition) is 0. The Morgan fingerprint density at radius 1 is 1.33 bits per heavy atom. The topological polar surface area (TPSA) is 54.0 Å². The summed E-state index contributed by atoms with van der Waals surface area (Å²) in [4.78, 5) is 13.0. The van der Waals surface area contributed by atoms with Crippen molar-refractivity contribution in [1.82, 2.24) is 14.6 Å². The van der Waals surface area contributed by atoms with E-state index in [0.717, 1.165) is 32.8 Å². The fourth-order valence-corrected chi connectivity index (χ4v) is 3.52. The van der Waals surface area contributed by atoms with Gasteiger partial charge in [-0.3, -0.25) is 9.80 Å². The third kappa shape index (κ3) is 2.23. The third-order valence-corrected chi connectivity index (χ3v) is 5.01. The van der Waals surface area contributed by atoms with Gasteiger partial charge in [-0.25, -0.2) is 9.52 Å². The Kier molecular flexibility index (Phi) is 3.42. The Morgan fingerprint density at radius 2 is 2.12 bits per heavy atom. The van der Waals surface area contributed by atoms with Crippen LogP contribution in [0.4, 0.5) is 5.69 Å². The molecule has 3 aromatic rings. The Bertz CT molecular complexity index is 959. The number of aromatic nitrogens is 2. The molecule has 0 unspecified atom stereocenters. The van der Waals surface area contributed by atoms with Gasteiger partial charge in [0.1, 0.15) is 17.2 Å². The highest BCUT2D eigenvalue weighted by molar-refractivity contribution is 9.10. The standard InChI is InChI=1S/C17H17BrN4O2/c1-10-11(2)24-15-6-7-22(20(3)16(10)15)17(23)14-8-13-5-4-12(18)9-21(13)19-14/h4-5,8-9H,6-7H2,1-3H3. The van der Waals surface area contributed by atoms with Crippen molar-refractivity contribution < 1.29 is 9.21 Å². The van der Waals surface area contributed by atoms with E-state index in [-0.39, 0.29) is 5.91 Å². The van der Waals surface area contributed by atoms with Gasteiger partial charge in [-0.2, -0.15) is 5.10 Å². The lowest BCUT2D eigenvalue weighted by molar-refractivity contribution is 0.0728. The first kappa shape index (κ1) is 15.3. The normalized spacial score (nSPS) is 14.3. The summed E-state index contributed by atoms with van der Waals surface area (Å²) in [5.41, 5.74) is 3.38. The van der Waals surface area contributed by atoms with Crippen LogP contribution in [0.1, 0.15) is 27.6 Å². The molecule has 0 bridgehead atoms. The molecule has 0 atom stereocenters. The average molecular weight is 389 g/mol. The van der Waals surface area contributed by atoms with Crippen molar-refractivity contribution in [2.75, 3.05) is 18.6 Å². The van der Waals surface area contributed by atoms with Gasteiger partial charge in [-0.05, 0) is 48.0 Å². The number of rotatable bonds is 1. The van der Waals surface area contributed by atoms with E-state index in [1.165, 1.54) is 0 Å². The largest absolute Gasteiger partial charge is 0.464 e. The van der Waals surface area contributed by atoms with Gasteiger partial charge in [0.25, 0.3) is 5.91 Å². The van der Waals surface area contributed by atoms with Crippen molar-refractivity contribution >= 4 is 33.0 Å². The van der Waals surface area contributed by atoms with Gasteiger partial charge in [0.15, 0.2) is 5.69 Å². The predicted molar refractivity (Wildman–Crippen MR) is 94.2 cm³/mol. The Morgan fingerprint density at radius 3 is 2.92 bits per heavy atom. The van der Waals surface area contributed by atoms with E-state index in [2.05, 4.69) is 21.0 Å². The van der Waals surface area contributed by atoms with E-state index >= 15 is 0 Å². The Hall–Kier alpha value is -2.28. The molecule has 124 valence electrons. The van der Waals surface area contributed by atoms with Gasteiger partial charge in [-0.15, -0.1) is 0 Å². The number of furan rings is 1. The van der Waals surface area contributed by atoms with E-state index in [4.69, 9.17) is 4.42 Å². The second-order valence-corrected chi connectivity index (χ2v) is 6.92. The fraction of sp³-hybridized carbons (Fsp3) is 0.294. The molecular weight excluding hydrogens is 372 g/mol. The SMILES string of the molecule is Cc1oc2c(c1C)N(C)N(C(=O)c1cc3ccc(Br)cn3n1)CC2. The highest BCUT2D eigenvalue weighted by Crippen LogP contribution is 2.34. The number of anilines is 1. The lowest BCUT2D eigenvalue weighted by Gasteiger charge is -2.36. The van der Waals surface area contributed by atoms with Crippen LogP contribution in [-0.2, 0) is 6.42 Å². The maximum atomic E-state index is 13.0. The zero-order valence-electron chi connectivity index (χ0n) is 13.7. The van der Waals surface area contributed by atoms with Crippen LogP contribution >= 0.6 is 15.9 Å². The number of fused-ring (bicyclic) bond motifs is 2. The number of nitrogens with zero attached hydrogens (tertiary/aromatic N) is 4. The molecule has 0 spiro atoms. The molecule has 3 aromatic heterocycles. The van der Waals surface area contributed by atoms with Crippen molar-refractivity contribution in [2.45, 2.75) is 20.3 Å². The van der Waals surface area contributed by atoms with Crippen molar-refractivity contribution in [3.8, 4) is 0 Å². The maximum Gasteiger partial charge on any atom is 0.292 e. The summed E-state index contributed by atoms with van der Waals surface area (Å²) in [6.07, 6.45) is 2.55. The number of carbonyl (C=O) groups is 1. The highest BCUT2D eigenvalue weighted by Gasteiger charge is 2.32. The van der Waals surface area contributed by atoms with Gasteiger partial charge >= 0.3 is 0 Å². The molecule has 0 fully saturated rings. The van der Waals surface area contributed by atoms with E-state index in [1.807, 2.05) is 50.3 Å². The van der Waals surface area contributed by atoms with Gasteiger partial charge in [0.2, 0.25) is 0 Å². The third-order valence-electron chi connectivity index (χ3n) is 4.54. The van der Waals surface area contributed by atoms with Crippen LogP contribution in [0, 0.1) is 13.8 Å². The minimum absolute atomic E-state index is 0.110. The smallest absolute Gasteiger partial charge is 0.292 e. The summed E-state index contributed by atoms with van der Waals surface area (Å²) in [6.45, 7) is 4.55. The van der Waals surface area contributed by atoms with Crippen LogP contribution in [0.5, 0.6) is 0 Å². The molecule has 0 aromatic carbocycles. The van der Waals surface area contributed by atoms with Crippen LogP contribution < -0.4 is 5.01 Å². The summed E-state index contributed by atoms with van der Waals surface area (Å²) >= 11 is 3.42. The average Bonchev–Trinajstić information content (AvgIpc) is 3.09. The minimum atomic E-state index is -0.110. The number of aryl methyl sites for hydroxylation is 1. The number of amides is 1. The molecule has 6 nitrogen and oxygen atoms in total. The first-order chi connectivity index (χ1) is 11.5. The number of hydrazine groups is 1. The molecule has 0 aliphatic carbocycles. The molecule has 4 rings (SSSR count). The van der Waals surface area contributed by atoms with E-state index in [9.17, 15) is 4.79 Å². The molecule has 7 heteroatoms. The molecule has 24 heavy (non-hydrogen) atoms. The van der Waals surface area contributed by atoms with Gasteiger partial charge in [0.05, 0.1) is 12.1 Å². The van der Waals surface area contributed by atoms with Crippen LogP contribution in [0.15, 0.2) is 33.3 Å². The van der Waals surface area contributed by atoms with Crippen molar-refractivity contribution in [1.29, 1.82) is 0 Å². The summed E-state index contributed by atoms with van der Waals surface area (Å²) in [7, 11) is 1.89. The Labute approximate surface area is 147 Å². The van der Waals surface area contributed by atoms with Crippen LogP contribution in [0.25, 0.3) is 5.52 Å². The molecule has 0 saturated heterocycles. The molecule has 4 heterocycles. The second-order valence-electron chi connectivity index (χ2n) is 6.00. The molecule has 1 amide bonds. The zero-order valence-corrected chi connectivity index (χ0v) is 15.3. The Balaban J connectivity index is 1.70. The van der Waals surface area contributed by atoms with Crippen molar-refractivity contribution in [3.05, 3.63) is 51.6 Å². The molecule has 1 aliphatic heterocycles. The first-order valence-electron chi connectivity index (χ1n) is 7.75. The first-order valence-corrected chi connectivity index (χ1v) is 8.54. The van der Waals surface area contributed by atoms with Gasteiger partial charge in [-0.1, -0.05) is 0 Å². The van der Waals surface area contributed by atoms with Gasteiger partial charge < -0.3 is 4.42 Å². The summed E-state index contributed by atoms with van der Waals surface area (Å²) in [5, 5.41) is 8.02. The van der Waals surface area contributed by atoms with Crippen molar-refractivity contribution in [3.63, 3.8) is 0 Å². The summed E-state index contributed by atoms with van der Waals surface area (Å²) in [5.74, 6) is 1.73. The van der Waals surface area contributed by atoms with E-state index < -0.39 is 0 Å². The maximum absolute atomic E-state index is 13.0. The molecule has 1 aliphatic rings. The fourth-order valence-electron chi connectivity index (χ4n) is 3.19. The minimum Gasteiger partial charge on any atom is -0.464 e. The van der Waals surface area contributed by atoms with Crippen molar-refractivity contribution in [2.24, 2.45) is 0 Å². The summed E-state index contributed by atoms with van der Waals surface area (Å²) < 4.78 is 8.42. The van der Waals surface area contributed by atoms with Crippen LogP contribution in [0.2, 0.25) is 0 Å². The second kappa shape index (κ2) is 5.37. The predicted octanol–water partition coefficient (Wildman–Crippen LogP) is 3.36. The lowest BCUT2D eigenvalue weighted by Crippen LogP contribution is -2.48. The van der Waals surface area contributed by atoms with Crippen LogP contribution in [-0.4, -0.2) is 34.1 Å². The number of pyridine rings is 1. The molecule has 0 saturated carbocycles. The van der Waals surface area contributed by atoms with E-state index in [1.54, 1.807) is 9.52 Å². The zero-order chi connectivity index (χ0) is 17.0. The van der Waals surface area contributed by atoms with E-state index in [0.29, 0.717) is 18.7 Å². The quantitative estimate of drug-likeness (QED) is 0.641. The number of halogens is 1. The molecule has 0 radical (unpaired) electrons.